The van der Waals surface area contributed by atoms with Gasteiger partial charge in [-0.2, -0.15) is 9.61 Å². The maximum absolute atomic E-state index is 12.2. The van der Waals surface area contributed by atoms with Crippen molar-refractivity contribution in [2.45, 2.75) is 26.2 Å². The van der Waals surface area contributed by atoms with Gasteiger partial charge < -0.3 is 4.98 Å². The normalized spacial score (nSPS) is 11.9. The number of aromatic nitrogens is 4. The third-order valence-corrected chi connectivity index (χ3v) is 3.16. The maximum atomic E-state index is 12.2. The van der Waals surface area contributed by atoms with Gasteiger partial charge in [0, 0.05) is 23.7 Å². The molecule has 0 aromatic carbocycles. The number of aromatic amines is 1. The summed E-state index contributed by atoms with van der Waals surface area (Å²) in [7, 11) is 0. The van der Waals surface area contributed by atoms with Gasteiger partial charge in [-0.15, -0.1) is 0 Å². The molecule has 20 heavy (non-hydrogen) atoms. The second-order valence-corrected chi connectivity index (χ2v) is 5.81. The van der Waals surface area contributed by atoms with Crippen LogP contribution in [-0.4, -0.2) is 19.6 Å². The molecule has 0 unspecified atom stereocenters. The quantitative estimate of drug-likeness (QED) is 0.737. The number of nitrogens with zero attached hydrogens (tertiary/aromatic N) is 3. The van der Waals surface area contributed by atoms with Crippen LogP contribution < -0.4 is 5.56 Å². The molecule has 0 radical (unpaired) electrons. The lowest BCUT2D eigenvalue weighted by Gasteiger charge is -2.13. The van der Waals surface area contributed by atoms with Crippen LogP contribution in [0.4, 0.5) is 0 Å². The second kappa shape index (κ2) is 4.30. The molecule has 0 aliphatic heterocycles. The number of rotatable bonds is 1. The van der Waals surface area contributed by atoms with E-state index in [9.17, 15) is 4.79 Å². The summed E-state index contributed by atoms with van der Waals surface area (Å²) in [6.45, 7) is 6.21. The molecule has 0 spiro atoms. The molecule has 0 saturated heterocycles. The fraction of sp³-hybridized carbons (Fsp3) is 0.267. The van der Waals surface area contributed by atoms with Gasteiger partial charge in [-0.05, 0) is 12.1 Å². The van der Waals surface area contributed by atoms with Crippen molar-refractivity contribution in [1.82, 2.24) is 19.6 Å². The zero-order valence-corrected chi connectivity index (χ0v) is 11.7. The van der Waals surface area contributed by atoms with Gasteiger partial charge in [0.1, 0.15) is 5.65 Å². The zero-order valence-electron chi connectivity index (χ0n) is 11.7. The molecule has 0 bridgehead atoms. The van der Waals surface area contributed by atoms with Crippen LogP contribution in [0.1, 0.15) is 26.5 Å². The minimum Gasteiger partial charge on any atom is -0.338 e. The molecule has 1 N–H and O–H groups in total. The number of fused-ring (bicyclic) bond motifs is 1. The fourth-order valence-electron chi connectivity index (χ4n) is 2.02. The highest BCUT2D eigenvalue weighted by atomic mass is 16.1. The molecule has 0 aliphatic rings. The molecule has 5 heteroatoms. The van der Waals surface area contributed by atoms with Crippen LogP contribution in [0.15, 0.2) is 41.3 Å². The molecule has 0 amide bonds. The fourth-order valence-corrected chi connectivity index (χ4v) is 2.02. The molecule has 0 fully saturated rings. The monoisotopic (exact) mass is 268 g/mol. The van der Waals surface area contributed by atoms with E-state index in [4.69, 9.17) is 0 Å². The molecule has 3 aromatic heterocycles. The predicted molar refractivity (Wildman–Crippen MR) is 77.7 cm³/mol. The zero-order chi connectivity index (χ0) is 14.3. The summed E-state index contributed by atoms with van der Waals surface area (Å²) in [6.07, 6.45) is 1.70. The van der Waals surface area contributed by atoms with E-state index in [1.807, 2.05) is 24.3 Å². The Kier molecular flexibility index (Phi) is 2.71. The Balaban J connectivity index is 2.22. The number of pyridine rings is 1. The Morgan fingerprint density at radius 2 is 2.00 bits per heavy atom. The summed E-state index contributed by atoms with van der Waals surface area (Å²) in [5.74, 6) is 0. The lowest BCUT2D eigenvalue weighted by atomic mass is 9.93. The molecule has 102 valence electrons. The summed E-state index contributed by atoms with van der Waals surface area (Å²) in [5.41, 5.74) is 2.74. The van der Waals surface area contributed by atoms with Crippen molar-refractivity contribution in [3.63, 3.8) is 0 Å². The van der Waals surface area contributed by atoms with Crippen LogP contribution in [0, 0.1) is 0 Å². The first kappa shape index (κ1) is 12.6. The lowest BCUT2D eigenvalue weighted by molar-refractivity contribution is 0.561. The largest absolute Gasteiger partial charge is 0.338 e. The summed E-state index contributed by atoms with van der Waals surface area (Å²) >= 11 is 0. The summed E-state index contributed by atoms with van der Waals surface area (Å²) in [5, 5.41) is 4.37. The molecule has 5 nitrogen and oxygen atoms in total. The van der Waals surface area contributed by atoms with Crippen molar-refractivity contribution in [3.05, 3.63) is 52.6 Å². The summed E-state index contributed by atoms with van der Waals surface area (Å²) in [4.78, 5) is 19.6. The average molecular weight is 268 g/mol. The number of hydrogen-bond donors (Lipinski definition) is 1. The molecular formula is C15H16N4O. The van der Waals surface area contributed by atoms with E-state index < -0.39 is 0 Å². The Hall–Kier alpha value is -2.43. The van der Waals surface area contributed by atoms with Gasteiger partial charge >= 0.3 is 0 Å². The highest BCUT2D eigenvalue weighted by molar-refractivity contribution is 5.57. The van der Waals surface area contributed by atoms with Gasteiger partial charge in [0.25, 0.3) is 5.56 Å². The highest BCUT2D eigenvalue weighted by Crippen LogP contribution is 2.21. The van der Waals surface area contributed by atoms with E-state index in [1.165, 1.54) is 10.6 Å². The van der Waals surface area contributed by atoms with E-state index >= 15 is 0 Å². The summed E-state index contributed by atoms with van der Waals surface area (Å²) < 4.78 is 1.40. The SMILES string of the molecule is CC(C)(C)c1cc2[nH]c(-c3ccccn3)cc(=O)n2n1. The van der Waals surface area contributed by atoms with E-state index in [1.54, 1.807) is 6.20 Å². The topological polar surface area (TPSA) is 63.0 Å². The van der Waals surface area contributed by atoms with Crippen molar-refractivity contribution in [1.29, 1.82) is 0 Å². The Bertz CT molecular complexity index is 809. The average Bonchev–Trinajstić information content (AvgIpc) is 2.84. The molecular weight excluding hydrogens is 252 g/mol. The first-order valence-corrected chi connectivity index (χ1v) is 6.50. The van der Waals surface area contributed by atoms with Gasteiger partial charge in [-0.1, -0.05) is 26.8 Å². The summed E-state index contributed by atoms with van der Waals surface area (Å²) in [6, 6.07) is 9.03. The van der Waals surface area contributed by atoms with Gasteiger partial charge in [0.05, 0.1) is 17.1 Å². The van der Waals surface area contributed by atoms with Crippen molar-refractivity contribution < 1.29 is 0 Å². The van der Waals surface area contributed by atoms with Crippen LogP contribution in [-0.2, 0) is 5.41 Å². The van der Waals surface area contributed by atoms with Gasteiger partial charge in [-0.25, -0.2) is 0 Å². The second-order valence-electron chi connectivity index (χ2n) is 5.81. The van der Waals surface area contributed by atoms with E-state index in [2.05, 4.69) is 35.8 Å². The number of nitrogens with one attached hydrogen (secondary N) is 1. The molecule has 0 aliphatic carbocycles. The van der Waals surface area contributed by atoms with Crippen LogP contribution in [0.25, 0.3) is 17.0 Å². The first-order valence-electron chi connectivity index (χ1n) is 6.50. The first-order chi connectivity index (χ1) is 9.45. The Morgan fingerprint density at radius 3 is 2.65 bits per heavy atom. The molecule has 0 atom stereocenters. The van der Waals surface area contributed by atoms with Crippen LogP contribution in [0.2, 0.25) is 0 Å². The predicted octanol–water partition coefficient (Wildman–Crippen LogP) is 2.38. The van der Waals surface area contributed by atoms with Crippen molar-refractivity contribution >= 4 is 5.65 Å². The van der Waals surface area contributed by atoms with Crippen molar-refractivity contribution in [2.24, 2.45) is 0 Å². The Labute approximate surface area is 116 Å². The van der Waals surface area contributed by atoms with Crippen LogP contribution in [0.5, 0.6) is 0 Å². The maximum Gasteiger partial charge on any atom is 0.274 e. The minimum absolute atomic E-state index is 0.0997. The van der Waals surface area contributed by atoms with E-state index in [-0.39, 0.29) is 11.0 Å². The third kappa shape index (κ3) is 2.11. The van der Waals surface area contributed by atoms with Crippen LogP contribution >= 0.6 is 0 Å². The van der Waals surface area contributed by atoms with E-state index in [0.717, 1.165) is 11.4 Å². The smallest absolute Gasteiger partial charge is 0.274 e. The standard InChI is InChI=1S/C15H16N4O/c1-15(2,3)12-9-13-17-11(8-14(20)19(13)18-12)10-6-4-5-7-16-10/h4-9,17H,1-3H3. The Morgan fingerprint density at radius 1 is 1.20 bits per heavy atom. The van der Waals surface area contributed by atoms with Gasteiger partial charge in [0.15, 0.2) is 0 Å². The van der Waals surface area contributed by atoms with Crippen molar-refractivity contribution in [3.8, 4) is 11.4 Å². The van der Waals surface area contributed by atoms with Gasteiger partial charge in [-0.3, -0.25) is 9.78 Å². The molecule has 3 heterocycles. The van der Waals surface area contributed by atoms with E-state index in [0.29, 0.717) is 11.3 Å². The lowest BCUT2D eigenvalue weighted by Crippen LogP contribution is -2.17. The van der Waals surface area contributed by atoms with Gasteiger partial charge in [0.2, 0.25) is 0 Å². The number of H-pyrrole nitrogens is 1. The minimum atomic E-state index is -0.157. The molecule has 0 saturated carbocycles. The number of hydrogen-bond acceptors (Lipinski definition) is 3. The molecule has 3 rings (SSSR count). The molecule has 3 aromatic rings. The van der Waals surface area contributed by atoms with Crippen molar-refractivity contribution in [2.75, 3.05) is 0 Å². The third-order valence-electron chi connectivity index (χ3n) is 3.16. The highest BCUT2D eigenvalue weighted by Gasteiger charge is 2.19. The van der Waals surface area contributed by atoms with Crippen LogP contribution in [0.3, 0.4) is 0 Å².